The maximum absolute atomic E-state index is 4.07. The Bertz CT molecular complexity index is 336. The molecule has 0 aliphatic heterocycles. The Morgan fingerprint density at radius 2 is 2.35 bits per heavy atom. The van der Waals surface area contributed by atoms with Crippen LogP contribution < -0.4 is 5.32 Å². The van der Waals surface area contributed by atoms with E-state index >= 15 is 0 Å². The zero-order chi connectivity index (χ0) is 12.1. The van der Waals surface area contributed by atoms with E-state index in [4.69, 9.17) is 0 Å². The van der Waals surface area contributed by atoms with Crippen molar-refractivity contribution in [3.05, 3.63) is 0 Å². The Morgan fingerprint density at radius 3 is 3.06 bits per heavy atom. The molecule has 1 atom stereocenters. The molecule has 1 N–H and O–H groups in total. The molecule has 0 saturated heterocycles. The minimum atomic E-state index is 0.717. The first-order valence-corrected chi connectivity index (χ1v) is 7.40. The minimum Gasteiger partial charge on any atom is -0.312 e. The molecule has 1 fully saturated rings. The summed E-state index contributed by atoms with van der Waals surface area (Å²) in [7, 11) is 0. The van der Waals surface area contributed by atoms with Gasteiger partial charge in [-0.15, -0.1) is 5.10 Å². The highest BCUT2D eigenvalue weighted by molar-refractivity contribution is 7.99. The molecule has 0 bridgehead atoms. The van der Waals surface area contributed by atoms with E-state index in [1.54, 1.807) is 11.8 Å². The molecule has 0 amide bonds. The van der Waals surface area contributed by atoms with Crippen LogP contribution in [0.5, 0.6) is 0 Å². The fourth-order valence-electron chi connectivity index (χ4n) is 1.44. The van der Waals surface area contributed by atoms with Crippen molar-refractivity contribution in [1.82, 2.24) is 25.5 Å². The molecule has 5 nitrogen and oxygen atoms in total. The molecule has 17 heavy (non-hydrogen) atoms. The summed E-state index contributed by atoms with van der Waals surface area (Å²) in [6, 6.07) is 0.752. The summed E-state index contributed by atoms with van der Waals surface area (Å²) in [5, 5.41) is 16.3. The first-order valence-electron chi connectivity index (χ1n) is 6.42. The Labute approximate surface area is 107 Å². The van der Waals surface area contributed by atoms with Crippen LogP contribution in [0.15, 0.2) is 5.16 Å². The predicted molar refractivity (Wildman–Crippen MR) is 69.0 cm³/mol. The van der Waals surface area contributed by atoms with Crippen LogP contribution in [-0.2, 0) is 6.54 Å². The lowest BCUT2D eigenvalue weighted by Crippen LogP contribution is -2.22. The summed E-state index contributed by atoms with van der Waals surface area (Å²) < 4.78 is 1.91. The minimum absolute atomic E-state index is 0.717. The number of nitrogens with zero attached hydrogens (tertiary/aromatic N) is 4. The Balaban J connectivity index is 1.74. The molecule has 6 heteroatoms. The van der Waals surface area contributed by atoms with Gasteiger partial charge < -0.3 is 5.32 Å². The van der Waals surface area contributed by atoms with Gasteiger partial charge in [0, 0.05) is 18.3 Å². The van der Waals surface area contributed by atoms with Crippen LogP contribution in [0, 0.1) is 5.92 Å². The third kappa shape index (κ3) is 4.27. The second-order valence-corrected chi connectivity index (χ2v) is 5.72. The summed E-state index contributed by atoms with van der Waals surface area (Å²) in [5.74, 6) is 1.81. The Morgan fingerprint density at radius 1 is 1.53 bits per heavy atom. The summed E-state index contributed by atoms with van der Waals surface area (Å²) >= 11 is 1.76. The highest BCUT2D eigenvalue weighted by atomic mass is 32.2. The van der Waals surface area contributed by atoms with Gasteiger partial charge in [0.2, 0.25) is 5.16 Å². The third-order valence-corrected chi connectivity index (χ3v) is 4.31. The topological polar surface area (TPSA) is 55.6 Å². The Kier molecular flexibility index (Phi) is 4.79. The summed E-state index contributed by atoms with van der Waals surface area (Å²) in [5.41, 5.74) is 0. The molecule has 2 rings (SSSR count). The molecule has 0 aromatic carbocycles. The molecule has 1 aliphatic carbocycles. The van der Waals surface area contributed by atoms with Crippen LogP contribution in [0.3, 0.4) is 0 Å². The van der Waals surface area contributed by atoms with E-state index in [0.29, 0.717) is 0 Å². The van der Waals surface area contributed by atoms with E-state index in [-0.39, 0.29) is 0 Å². The molecule has 1 aromatic rings. The van der Waals surface area contributed by atoms with Crippen molar-refractivity contribution in [2.45, 2.75) is 50.9 Å². The van der Waals surface area contributed by atoms with Crippen molar-refractivity contribution in [2.24, 2.45) is 5.92 Å². The number of nitrogens with one attached hydrogen (secondary N) is 1. The van der Waals surface area contributed by atoms with E-state index in [1.807, 2.05) is 4.68 Å². The lowest BCUT2D eigenvalue weighted by molar-refractivity contribution is 0.509. The molecule has 96 valence electrons. The Hall–Kier alpha value is -0.620. The maximum Gasteiger partial charge on any atom is 0.209 e. The van der Waals surface area contributed by atoms with Gasteiger partial charge >= 0.3 is 0 Å². The van der Waals surface area contributed by atoms with Gasteiger partial charge in [-0.3, -0.25) is 0 Å². The smallest absolute Gasteiger partial charge is 0.209 e. The number of rotatable bonds is 8. The molecule has 0 radical (unpaired) electrons. The fraction of sp³-hybridized carbons (Fsp3) is 0.909. The first-order chi connectivity index (χ1) is 8.29. The van der Waals surface area contributed by atoms with Gasteiger partial charge in [0.25, 0.3) is 0 Å². The van der Waals surface area contributed by atoms with Crippen LogP contribution in [0.25, 0.3) is 0 Å². The van der Waals surface area contributed by atoms with Gasteiger partial charge in [0.05, 0.1) is 6.54 Å². The fourth-order valence-corrected chi connectivity index (χ4v) is 2.48. The van der Waals surface area contributed by atoms with Crippen molar-refractivity contribution in [1.29, 1.82) is 0 Å². The largest absolute Gasteiger partial charge is 0.312 e. The molecular formula is C11H21N5S. The van der Waals surface area contributed by atoms with Crippen LogP contribution in [0.1, 0.15) is 33.1 Å². The van der Waals surface area contributed by atoms with E-state index in [0.717, 1.165) is 36.0 Å². The maximum atomic E-state index is 4.07. The second-order valence-electron chi connectivity index (χ2n) is 4.74. The van der Waals surface area contributed by atoms with Gasteiger partial charge in [-0.05, 0) is 29.2 Å². The molecule has 1 aliphatic rings. The number of tetrazole rings is 1. The number of hydrogen-bond acceptors (Lipinski definition) is 5. The van der Waals surface area contributed by atoms with Gasteiger partial charge in [-0.2, -0.15) is 0 Å². The van der Waals surface area contributed by atoms with Crippen molar-refractivity contribution >= 4 is 11.8 Å². The highest BCUT2D eigenvalue weighted by Crippen LogP contribution is 2.20. The quantitative estimate of drug-likeness (QED) is 0.715. The van der Waals surface area contributed by atoms with Crippen molar-refractivity contribution in [2.75, 3.05) is 12.3 Å². The molecule has 1 saturated carbocycles. The summed E-state index contributed by atoms with van der Waals surface area (Å²) in [6.45, 7) is 6.31. The third-order valence-electron chi connectivity index (χ3n) is 3.03. The first kappa shape index (κ1) is 12.8. The van der Waals surface area contributed by atoms with Crippen LogP contribution in [0.2, 0.25) is 0 Å². The van der Waals surface area contributed by atoms with Crippen molar-refractivity contribution < 1.29 is 0 Å². The van der Waals surface area contributed by atoms with Crippen molar-refractivity contribution in [3.8, 4) is 0 Å². The standard InChI is InChI=1S/C11H21N5S/c1-3-9(2)8-17-11-13-14-15-16(11)7-6-12-10-4-5-10/h9-10,12H,3-8H2,1-2H3. The van der Waals surface area contributed by atoms with E-state index < -0.39 is 0 Å². The van der Waals surface area contributed by atoms with Crippen LogP contribution >= 0.6 is 11.8 Å². The molecule has 0 spiro atoms. The molecule has 1 heterocycles. The van der Waals surface area contributed by atoms with Gasteiger partial charge in [-0.25, -0.2) is 4.68 Å². The monoisotopic (exact) mass is 255 g/mol. The number of aromatic nitrogens is 4. The average molecular weight is 255 g/mol. The van der Waals surface area contributed by atoms with E-state index in [1.165, 1.54) is 19.3 Å². The normalized spacial score (nSPS) is 17.3. The molecule has 1 unspecified atom stereocenters. The van der Waals surface area contributed by atoms with Crippen LogP contribution in [0.4, 0.5) is 0 Å². The van der Waals surface area contributed by atoms with E-state index in [2.05, 4.69) is 34.7 Å². The van der Waals surface area contributed by atoms with Gasteiger partial charge in [0.15, 0.2) is 0 Å². The summed E-state index contributed by atoms with van der Waals surface area (Å²) in [6.07, 6.45) is 3.86. The zero-order valence-corrected chi connectivity index (χ0v) is 11.4. The molecule has 1 aromatic heterocycles. The average Bonchev–Trinajstić information content (AvgIpc) is 3.05. The number of hydrogen-bond donors (Lipinski definition) is 1. The lowest BCUT2D eigenvalue weighted by atomic mass is 10.2. The lowest BCUT2D eigenvalue weighted by Gasteiger charge is -2.08. The van der Waals surface area contributed by atoms with Gasteiger partial charge in [-0.1, -0.05) is 32.0 Å². The van der Waals surface area contributed by atoms with E-state index in [9.17, 15) is 0 Å². The highest BCUT2D eigenvalue weighted by Gasteiger charge is 2.20. The van der Waals surface area contributed by atoms with Crippen molar-refractivity contribution in [3.63, 3.8) is 0 Å². The SMILES string of the molecule is CCC(C)CSc1nnnn1CCNC1CC1. The number of thioether (sulfide) groups is 1. The zero-order valence-electron chi connectivity index (χ0n) is 10.6. The molecular weight excluding hydrogens is 234 g/mol. The van der Waals surface area contributed by atoms with Crippen LogP contribution in [-0.4, -0.2) is 38.5 Å². The predicted octanol–water partition coefficient (Wildman–Crippen LogP) is 1.56. The second kappa shape index (κ2) is 6.35. The van der Waals surface area contributed by atoms with Gasteiger partial charge in [0.1, 0.15) is 0 Å². The summed E-state index contributed by atoms with van der Waals surface area (Å²) in [4.78, 5) is 0.